The highest BCUT2D eigenvalue weighted by molar-refractivity contribution is 5.90. The van der Waals surface area contributed by atoms with E-state index in [9.17, 15) is 4.79 Å². The molecule has 0 aliphatic heterocycles. The van der Waals surface area contributed by atoms with E-state index in [1.54, 1.807) is 12.1 Å². The number of aliphatic hydroxyl groups excluding tert-OH is 1. The highest BCUT2D eigenvalue weighted by atomic mass is 16.5. The molecule has 0 aromatic heterocycles. The lowest BCUT2D eigenvalue weighted by atomic mass is 9.99. The quantitative estimate of drug-likeness (QED) is 0.751. The van der Waals surface area contributed by atoms with Gasteiger partial charge in [-0.3, -0.25) is 0 Å². The molecule has 1 unspecified atom stereocenters. The summed E-state index contributed by atoms with van der Waals surface area (Å²) >= 11 is 0. The SMILES string of the molecule is COC(=O)c1ccc(C(N)CCO)cc1C. The van der Waals surface area contributed by atoms with Crippen molar-refractivity contribution in [3.63, 3.8) is 0 Å². The standard InChI is InChI=1S/C12H17NO3/c1-8-7-9(11(13)5-6-14)3-4-10(8)12(15)16-2/h3-4,7,11,14H,5-6,13H2,1-2H3. The highest BCUT2D eigenvalue weighted by Gasteiger charge is 2.11. The molecule has 0 heterocycles. The van der Waals surface area contributed by atoms with Crippen molar-refractivity contribution >= 4 is 5.97 Å². The van der Waals surface area contributed by atoms with E-state index in [1.165, 1.54) is 7.11 Å². The summed E-state index contributed by atoms with van der Waals surface area (Å²) in [7, 11) is 1.35. The van der Waals surface area contributed by atoms with Crippen LogP contribution in [0.1, 0.15) is 33.9 Å². The summed E-state index contributed by atoms with van der Waals surface area (Å²) in [6.45, 7) is 1.89. The molecule has 4 nitrogen and oxygen atoms in total. The summed E-state index contributed by atoms with van der Waals surface area (Å²) in [5.74, 6) is -0.347. The van der Waals surface area contributed by atoms with Crippen LogP contribution in [0, 0.1) is 6.92 Å². The van der Waals surface area contributed by atoms with Gasteiger partial charge in [-0.05, 0) is 30.5 Å². The van der Waals surface area contributed by atoms with E-state index in [2.05, 4.69) is 4.74 Å². The molecule has 0 amide bonds. The number of hydrogen-bond acceptors (Lipinski definition) is 4. The smallest absolute Gasteiger partial charge is 0.338 e. The summed E-state index contributed by atoms with van der Waals surface area (Å²) in [5, 5.41) is 8.79. The fourth-order valence-corrected chi connectivity index (χ4v) is 1.56. The maximum absolute atomic E-state index is 11.3. The third-order valence-electron chi connectivity index (χ3n) is 2.52. The lowest BCUT2D eigenvalue weighted by molar-refractivity contribution is 0.0600. The Kier molecular flexibility index (Phi) is 4.46. The fraction of sp³-hybridized carbons (Fsp3) is 0.417. The average Bonchev–Trinajstić information content (AvgIpc) is 2.28. The van der Waals surface area contributed by atoms with E-state index in [4.69, 9.17) is 10.8 Å². The van der Waals surface area contributed by atoms with Gasteiger partial charge in [0.25, 0.3) is 0 Å². The molecule has 0 aliphatic carbocycles. The lowest BCUT2D eigenvalue weighted by Crippen LogP contribution is -2.13. The molecule has 3 N–H and O–H groups in total. The Labute approximate surface area is 95.0 Å². The van der Waals surface area contributed by atoms with Crippen LogP contribution in [0.4, 0.5) is 0 Å². The third kappa shape index (κ3) is 2.81. The molecule has 1 aromatic rings. The molecule has 0 spiro atoms. The number of nitrogens with two attached hydrogens (primary N) is 1. The first-order valence-corrected chi connectivity index (χ1v) is 5.15. The second-order valence-corrected chi connectivity index (χ2v) is 3.68. The molecule has 16 heavy (non-hydrogen) atoms. The summed E-state index contributed by atoms with van der Waals surface area (Å²) in [6, 6.07) is 5.15. The number of carbonyl (C=O) groups is 1. The van der Waals surface area contributed by atoms with Gasteiger partial charge in [0.15, 0.2) is 0 Å². The van der Waals surface area contributed by atoms with Crippen molar-refractivity contribution in [2.45, 2.75) is 19.4 Å². The molecular weight excluding hydrogens is 206 g/mol. The Hall–Kier alpha value is -1.39. The maximum atomic E-state index is 11.3. The van der Waals surface area contributed by atoms with Gasteiger partial charge in [-0.15, -0.1) is 0 Å². The van der Waals surface area contributed by atoms with Crippen molar-refractivity contribution in [3.8, 4) is 0 Å². The lowest BCUT2D eigenvalue weighted by Gasteiger charge is -2.12. The van der Waals surface area contributed by atoms with Gasteiger partial charge < -0.3 is 15.6 Å². The number of aliphatic hydroxyl groups is 1. The number of rotatable bonds is 4. The molecular formula is C12H17NO3. The van der Waals surface area contributed by atoms with Gasteiger partial charge in [0.2, 0.25) is 0 Å². The molecule has 0 saturated heterocycles. The van der Waals surface area contributed by atoms with Crippen LogP contribution in [0.25, 0.3) is 0 Å². The predicted octanol–water partition coefficient (Wildman–Crippen LogP) is 1.16. The van der Waals surface area contributed by atoms with Gasteiger partial charge in [-0.25, -0.2) is 4.79 Å². The normalized spacial score (nSPS) is 12.2. The Balaban J connectivity index is 2.94. The summed E-state index contributed by atoms with van der Waals surface area (Å²) in [6.07, 6.45) is 0.511. The third-order valence-corrected chi connectivity index (χ3v) is 2.52. The molecule has 1 aromatic carbocycles. The van der Waals surface area contributed by atoms with Crippen molar-refractivity contribution in [2.75, 3.05) is 13.7 Å². The predicted molar refractivity (Wildman–Crippen MR) is 61.1 cm³/mol. The van der Waals surface area contributed by atoms with Gasteiger partial charge in [0.1, 0.15) is 0 Å². The van der Waals surface area contributed by atoms with E-state index < -0.39 is 0 Å². The minimum absolute atomic E-state index is 0.0545. The molecule has 1 rings (SSSR count). The van der Waals surface area contributed by atoms with Gasteiger partial charge >= 0.3 is 5.97 Å². The molecule has 4 heteroatoms. The number of benzene rings is 1. The minimum atomic E-state index is -0.347. The zero-order valence-electron chi connectivity index (χ0n) is 9.56. The number of hydrogen-bond donors (Lipinski definition) is 2. The summed E-state index contributed by atoms with van der Waals surface area (Å²) in [5.41, 5.74) is 8.15. The molecule has 88 valence electrons. The summed E-state index contributed by atoms with van der Waals surface area (Å²) < 4.78 is 4.65. The van der Waals surface area contributed by atoms with Crippen LogP contribution in [0.2, 0.25) is 0 Å². The van der Waals surface area contributed by atoms with Crippen LogP contribution in [0.3, 0.4) is 0 Å². The van der Waals surface area contributed by atoms with E-state index >= 15 is 0 Å². The zero-order chi connectivity index (χ0) is 12.1. The Morgan fingerprint density at radius 2 is 2.25 bits per heavy atom. The zero-order valence-corrected chi connectivity index (χ0v) is 9.56. The highest BCUT2D eigenvalue weighted by Crippen LogP contribution is 2.18. The van der Waals surface area contributed by atoms with Gasteiger partial charge in [0, 0.05) is 12.6 Å². The Morgan fingerprint density at radius 3 is 2.75 bits per heavy atom. The Morgan fingerprint density at radius 1 is 1.56 bits per heavy atom. The molecule has 0 bridgehead atoms. The average molecular weight is 223 g/mol. The van der Waals surface area contributed by atoms with Gasteiger partial charge in [-0.2, -0.15) is 0 Å². The van der Waals surface area contributed by atoms with Crippen molar-refractivity contribution in [1.82, 2.24) is 0 Å². The largest absolute Gasteiger partial charge is 0.465 e. The Bertz CT molecular complexity index is 377. The van der Waals surface area contributed by atoms with Crippen LogP contribution in [0.15, 0.2) is 18.2 Å². The van der Waals surface area contributed by atoms with Crippen LogP contribution in [-0.2, 0) is 4.74 Å². The molecule has 0 fully saturated rings. The first-order valence-electron chi connectivity index (χ1n) is 5.15. The molecule has 1 atom stereocenters. The second-order valence-electron chi connectivity index (χ2n) is 3.68. The van der Waals surface area contributed by atoms with Crippen LogP contribution >= 0.6 is 0 Å². The van der Waals surface area contributed by atoms with Gasteiger partial charge in [-0.1, -0.05) is 12.1 Å². The number of esters is 1. The van der Waals surface area contributed by atoms with Crippen molar-refractivity contribution in [3.05, 3.63) is 34.9 Å². The van der Waals surface area contributed by atoms with Crippen LogP contribution in [-0.4, -0.2) is 24.8 Å². The first kappa shape index (κ1) is 12.7. The molecule has 0 saturated carbocycles. The van der Waals surface area contributed by atoms with Crippen LogP contribution < -0.4 is 5.73 Å². The number of methoxy groups -OCH3 is 1. The molecule has 0 radical (unpaired) electrons. The van der Waals surface area contributed by atoms with Crippen molar-refractivity contribution in [2.24, 2.45) is 5.73 Å². The maximum Gasteiger partial charge on any atom is 0.338 e. The topological polar surface area (TPSA) is 72.5 Å². The van der Waals surface area contributed by atoms with E-state index in [0.29, 0.717) is 12.0 Å². The molecule has 0 aliphatic rings. The summed E-state index contributed by atoms with van der Waals surface area (Å²) in [4.78, 5) is 11.3. The first-order chi connectivity index (χ1) is 7.60. The second kappa shape index (κ2) is 5.63. The van der Waals surface area contributed by atoms with Crippen molar-refractivity contribution in [1.29, 1.82) is 0 Å². The van der Waals surface area contributed by atoms with E-state index in [0.717, 1.165) is 11.1 Å². The van der Waals surface area contributed by atoms with Crippen LogP contribution in [0.5, 0.6) is 0 Å². The fourth-order valence-electron chi connectivity index (χ4n) is 1.56. The van der Waals surface area contributed by atoms with Gasteiger partial charge in [0.05, 0.1) is 12.7 Å². The number of aryl methyl sites for hydroxylation is 1. The van der Waals surface area contributed by atoms with Crippen molar-refractivity contribution < 1.29 is 14.6 Å². The number of carbonyl (C=O) groups excluding carboxylic acids is 1. The number of ether oxygens (including phenoxy) is 1. The van der Waals surface area contributed by atoms with E-state index in [1.807, 2.05) is 13.0 Å². The van der Waals surface area contributed by atoms with E-state index in [-0.39, 0.29) is 18.6 Å². The minimum Gasteiger partial charge on any atom is -0.465 e. The monoisotopic (exact) mass is 223 g/mol.